The lowest BCUT2D eigenvalue weighted by molar-refractivity contribution is 0.377. The number of hydrogen-bond acceptors (Lipinski definition) is 3. The molecule has 0 saturated heterocycles. The van der Waals surface area contributed by atoms with Crippen LogP contribution in [0.3, 0.4) is 0 Å². The summed E-state index contributed by atoms with van der Waals surface area (Å²) in [5.41, 5.74) is 8.48. The molecule has 1 aromatic heterocycles. The van der Waals surface area contributed by atoms with Gasteiger partial charge in [-0.2, -0.15) is 0 Å². The van der Waals surface area contributed by atoms with Gasteiger partial charge in [0.25, 0.3) is 0 Å². The number of anilines is 1. The fourth-order valence-electron chi connectivity index (χ4n) is 1.96. The van der Waals surface area contributed by atoms with Gasteiger partial charge in [-0.3, -0.25) is 4.98 Å². The Labute approximate surface area is 105 Å². The van der Waals surface area contributed by atoms with Crippen molar-refractivity contribution < 1.29 is 0 Å². The van der Waals surface area contributed by atoms with Crippen molar-refractivity contribution in [2.24, 2.45) is 11.1 Å². The number of pyridine rings is 1. The van der Waals surface area contributed by atoms with Crippen molar-refractivity contribution in [2.45, 2.75) is 34.1 Å². The van der Waals surface area contributed by atoms with E-state index in [4.69, 9.17) is 5.73 Å². The Morgan fingerprint density at radius 1 is 1.41 bits per heavy atom. The van der Waals surface area contributed by atoms with Gasteiger partial charge in [0.2, 0.25) is 0 Å². The maximum atomic E-state index is 5.83. The van der Waals surface area contributed by atoms with Crippen molar-refractivity contribution >= 4 is 5.69 Å². The molecular weight excluding hydrogens is 210 g/mol. The van der Waals surface area contributed by atoms with Crippen molar-refractivity contribution in [2.75, 3.05) is 24.5 Å². The maximum absolute atomic E-state index is 5.83. The Hall–Kier alpha value is -1.09. The summed E-state index contributed by atoms with van der Waals surface area (Å²) in [6, 6.07) is 2.09. The van der Waals surface area contributed by atoms with Gasteiger partial charge in [0.15, 0.2) is 0 Å². The van der Waals surface area contributed by atoms with Gasteiger partial charge in [0.1, 0.15) is 0 Å². The van der Waals surface area contributed by atoms with Crippen LogP contribution in [0.25, 0.3) is 0 Å². The molecular formula is C14H25N3. The van der Waals surface area contributed by atoms with E-state index in [-0.39, 0.29) is 5.41 Å². The van der Waals surface area contributed by atoms with E-state index in [1.807, 2.05) is 12.4 Å². The molecule has 0 aliphatic heterocycles. The summed E-state index contributed by atoms with van der Waals surface area (Å²) in [6.07, 6.45) is 4.93. The number of rotatable bonds is 6. The molecule has 0 radical (unpaired) electrons. The molecule has 3 heteroatoms. The average molecular weight is 235 g/mol. The minimum atomic E-state index is 0.144. The molecule has 0 fully saturated rings. The zero-order valence-corrected chi connectivity index (χ0v) is 11.5. The zero-order chi connectivity index (χ0) is 12.9. The summed E-state index contributed by atoms with van der Waals surface area (Å²) in [6.45, 7) is 11.5. The van der Waals surface area contributed by atoms with E-state index < -0.39 is 0 Å². The van der Waals surface area contributed by atoms with Gasteiger partial charge >= 0.3 is 0 Å². The Balaban J connectivity index is 2.90. The van der Waals surface area contributed by atoms with Crippen LogP contribution in [0.4, 0.5) is 5.69 Å². The Morgan fingerprint density at radius 3 is 2.65 bits per heavy atom. The van der Waals surface area contributed by atoms with Gasteiger partial charge in [-0.05, 0) is 36.9 Å². The van der Waals surface area contributed by atoms with Crippen molar-refractivity contribution in [3.05, 3.63) is 24.0 Å². The van der Waals surface area contributed by atoms with E-state index in [1.54, 1.807) is 0 Å². The molecule has 0 atom stereocenters. The van der Waals surface area contributed by atoms with Crippen molar-refractivity contribution in [3.63, 3.8) is 0 Å². The quantitative estimate of drug-likeness (QED) is 0.824. The molecule has 1 aromatic rings. The van der Waals surface area contributed by atoms with E-state index in [0.717, 1.165) is 19.5 Å². The van der Waals surface area contributed by atoms with Crippen LogP contribution in [-0.2, 0) is 0 Å². The van der Waals surface area contributed by atoms with Crippen molar-refractivity contribution in [3.8, 4) is 0 Å². The summed E-state index contributed by atoms with van der Waals surface area (Å²) in [5.74, 6) is 0. The molecule has 3 nitrogen and oxygen atoms in total. The molecule has 17 heavy (non-hydrogen) atoms. The first-order valence-electron chi connectivity index (χ1n) is 6.36. The Bertz CT molecular complexity index is 347. The normalized spacial score (nSPS) is 11.6. The second-order valence-corrected chi connectivity index (χ2v) is 5.45. The van der Waals surface area contributed by atoms with Crippen LogP contribution in [0.15, 0.2) is 18.5 Å². The largest absolute Gasteiger partial charge is 0.371 e. The van der Waals surface area contributed by atoms with Crippen LogP contribution in [0.5, 0.6) is 0 Å². The summed E-state index contributed by atoms with van der Waals surface area (Å²) in [4.78, 5) is 6.57. The number of nitrogens with zero attached hydrogens (tertiary/aromatic N) is 2. The smallest absolute Gasteiger partial charge is 0.0427 e. The molecule has 0 aromatic carbocycles. The van der Waals surface area contributed by atoms with Crippen LogP contribution in [0.2, 0.25) is 0 Å². The van der Waals surface area contributed by atoms with E-state index >= 15 is 0 Å². The minimum absolute atomic E-state index is 0.144. The van der Waals surface area contributed by atoms with E-state index in [9.17, 15) is 0 Å². The third-order valence-corrected chi connectivity index (χ3v) is 3.00. The fraction of sp³-hybridized carbons (Fsp3) is 0.643. The SMILES string of the molecule is CCCN(CC(C)(C)CN)c1ccncc1C. The van der Waals surface area contributed by atoms with E-state index in [2.05, 4.69) is 43.6 Å². The standard InChI is InChI=1S/C14H25N3/c1-5-8-17(11-14(3,4)10-15)13-6-7-16-9-12(13)2/h6-7,9H,5,8,10-11,15H2,1-4H3. The van der Waals surface area contributed by atoms with Gasteiger partial charge in [-0.25, -0.2) is 0 Å². The topological polar surface area (TPSA) is 42.1 Å². The molecule has 1 rings (SSSR count). The highest BCUT2D eigenvalue weighted by Gasteiger charge is 2.20. The average Bonchev–Trinajstić information content (AvgIpc) is 2.29. The maximum Gasteiger partial charge on any atom is 0.0427 e. The molecule has 2 N–H and O–H groups in total. The van der Waals surface area contributed by atoms with Gasteiger partial charge in [-0.1, -0.05) is 20.8 Å². The van der Waals surface area contributed by atoms with Crippen molar-refractivity contribution in [1.82, 2.24) is 4.98 Å². The van der Waals surface area contributed by atoms with Gasteiger partial charge in [0, 0.05) is 31.2 Å². The number of aromatic nitrogens is 1. The molecule has 1 heterocycles. The first-order chi connectivity index (χ1) is 8.00. The molecule has 0 unspecified atom stereocenters. The van der Waals surface area contributed by atoms with Gasteiger partial charge in [-0.15, -0.1) is 0 Å². The lowest BCUT2D eigenvalue weighted by Gasteiger charge is -2.34. The molecule has 0 aliphatic rings. The van der Waals surface area contributed by atoms with Crippen LogP contribution in [0, 0.1) is 12.3 Å². The van der Waals surface area contributed by atoms with Crippen LogP contribution in [-0.4, -0.2) is 24.6 Å². The fourth-order valence-corrected chi connectivity index (χ4v) is 1.96. The first-order valence-corrected chi connectivity index (χ1v) is 6.36. The Kier molecular flexibility index (Phi) is 4.94. The molecule has 0 bridgehead atoms. The highest BCUT2D eigenvalue weighted by Crippen LogP contribution is 2.23. The summed E-state index contributed by atoms with van der Waals surface area (Å²) in [7, 11) is 0. The summed E-state index contributed by atoms with van der Waals surface area (Å²) >= 11 is 0. The van der Waals surface area contributed by atoms with E-state index in [1.165, 1.54) is 11.3 Å². The summed E-state index contributed by atoms with van der Waals surface area (Å²) in [5, 5.41) is 0. The van der Waals surface area contributed by atoms with Gasteiger partial charge < -0.3 is 10.6 Å². The van der Waals surface area contributed by atoms with Crippen LogP contribution in [0.1, 0.15) is 32.8 Å². The van der Waals surface area contributed by atoms with E-state index in [0.29, 0.717) is 6.54 Å². The Morgan fingerprint density at radius 2 is 2.12 bits per heavy atom. The third-order valence-electron chi connectivity index (χ3n) is 3.00. The summed E-state index contributed by atoms with van der Waals surface area (Å²) < 4.78 is 0. The monoisotopic (exact) mass is 235 g/mol. The molecule has 0 saturated carbocycles. The van der Waals surface area contributed by atoms with Gasteiger partial charge in [0.05, 0.1) is 0 Å². The molecule has 0 amide bonds. The van der Waals surface area contributed by atoms with Crippen LogP contribution >= 0.6 is 0 Å². The predicted octanol–water partition coefficient (Wildman–Crippen LogP) is 2.59. The molecule has 0 spiro atoms. The third kappa shape index (κ3) is 4.00. The lowest BCUT2D eigenvalue weighted by atomic mass is 9.92. The highest BCUT2D eigenvalue weighted by molar-refractivity contribution is 5.51. The predicted molar refractivity (Wildman–Crippen MR) is 74.3 cm³/mol. The second-order valence-electron chi connectivity index (χ2n) is 5.45. The minimum Gasteiger partial charge on any atom is -0.371 e. The lowest BCUT2D eigenvalue weighted by Crippen LogP contribution is -2.39. The second kappa shape index (κ2) is 6.01. The van der Waals surface area contributed by atoms with Crippen molar-refractivity contribution in [1.29, 1.82) is 0 Å². The zero-order valence-electron chi connectivity index (χ0n) is 11.5. The van der Waals surface area contributed by atoms with Crippen LogP contribution < -0.4 is 10.6 Å². The number of nitrogens with two attached hydrogens (primary N) is 1. The number of aryl methyl sites for hydroxylation is 1. The number of hydrogen-bond donors (Lipinski definition) is 1. The molecule has 96 valence electrons. The first kappa shape index (κ1) is 14.0. The highest BCUT2D eigenvalue weighted by atomic mass is 15.1. The molecule has 0 aliphatic carbocycles.